The number of hydrogen-bond donors (Lipinski definition) is 2. The molecular weight excluding hydrogens is 238 g/mol. The summed E-state index contributed by atoms with van der Waals surface area (Å²) in [5, 5.41) is 11.5. The first kappa shape index (κ1) is 13.3. The zero-order valence-corrected chi connectivity index (χ0v) is 10.4. The van der Waals surface area contributed by atoms with E-state index in [1.807, 2.05) is 6.92 Å². The summed E-state index contributed by atoms with van der Waals surface area (Å²) in [6.07, 6.45) is 1.67. The maximum atomic E-state index is 11.8. The molecule has 0 aromatic rings. The van der Waals surface area contributed by atoms with Crippen LogP contribution >= 0.6 is 0 Å². The van der Waals surface area contributed by atoms with Crippen LogP contribution in [0.15, 0.2) is 0 Å². The molecule has 18 heavy (non-hydrogen) atoms. The lowest BCUT2D eigenvalue weighted by Crippen LogP contribution is -2.39. The monoisotopic (exact) mass is 257 g/mol. The highest BCUT2D eigenvalue weighted by atomic mass is 16.5. The van der Waals surface area contributed by atoms with Crippen LogP contribution in [-0.2, 0) is 19.1 Å². The van der Waals surface area contributed by atoms with Crippen LogP contribution < -0.4 is 5.32 Å². The second-order valence-electron chi connectivity index (χ2n) is 4.92. The van der Waals surface area contributed by atoms with E-state index < -0.39 is 12.1 Å². The molecular formula is C12H19NO5. The van der Waals surface area contributed by atoms with E-state index >= 15 is 0 Å². The van der Waals surface area contributed by atoms with Crippen LogP contribution in [0.25, 0.3) is 0 Å². The lowest BCUT2D eigenvalue weighted by Gasteiger charge is -2.15. The summed E-state index contributed by atoms with van der Waals surface area (Å²) >= 11 is 0. The second-order valence-corrected chi connectivity index (χ2v) is 4.92. The highest BCUT2D eigenvalue weighted by Gasteiger charge is 2.32. The van der Waals surface area contributed by atoms with Gasteiger partial charge in [0.1, 0.15) is 6.10 Å². The van der Waals surface area contributed by atoms with Gasteiger partial charge < -0.3 is 19.9 Å². The summed E-state index contributed by atoms with van der Waals surface area (Å²) < 4.78 is 10.8. The van der Waals surface area contributed by atoms with Crippen molar-refractivity contribution in [2.45, 2.75) is 57.0 Å². The lowest BCUT2D eigenvalue weighted by molar-refractivity contribution is -0.149. The third kappa shape index (κ3) is 3.20. The minimum Gasteiger partial charge on any atom is -0.479 e. The van der Waals surface area contributed by atoms with Crippen molar-refractivity contribution in [1.82, 2.24) is 5.32 Å². The van der Waals surface area contributed by atoms with E-state index in [9.17, 15) is 9.59 Å². The first-order chi connectivity index (χ1) is 8.56. The molecule has 0 aliphatic carbocycles. The molecule has 2 aliphatic rings. The number of hydrogen-bond acceptors (Lipinski definition) is 4. The number of carbonyl (C=O) groups excluding carboxylic acids is 1. The van der Waals surface area contributed by atoms with Crippen molar-refractivity contribution in [2.75, 3.05) is 6.54 Å². The van der Waals surface area contributed by atoms with Crippen LogP contribution in [-0.4, -0.2) is 47.9 Å². The fourth-order valence-electron chi connectivity index (χ4n) is 2.36. The smallest absolute Gasteiger partial charge is 0.332 e. The quantitative estimate of drug-likeness (QED) is 0.756. The van der Waals surface area contributed by atoms with E-state index in [0.29, 0.717) is 19.4 Å². The van der Waals surface area contributed by atoms with Crippen molar-refractivity contribution in [1.29, 1.82) is 0 Å². The summed E-state index contributed by atoms with van der Waals surface area (Å²) in [6, 6.07) is 0. The summed E-state index contributed by atoms with van der Waals surface area (Å²) in [6.45, 7) is 2.31. The SMILES string of the molecule is CC1CCC(C(=O)NCC2CCC(C(=O)O)O2)O1. The van der Waals surface area contributed by atoms with Gasteiger partial charge in [-0.2, -0.15) is 0 Å². The largest absolute Gasteiger partial charge is 0.479 e. The summed E-state index contributed by atoms with van der Waals surface area (Å²) in [5.41, 5.74) is 0. The number of aliphatic carboxylic acids is 1. The Morgan fingerprint density at radius 1 is 1.17 bits per heavy atom. The van der Waals surface area contributed by atoms with Crippen LogP contribution in [0.1, 0.15) is 32.6 Å². The highest BCUT2D eigenvalue weighted by Crippen LogP contribution is 2.21. The minimum atomic E-state index is -0.934. The van der Waals surface area contributed by atoms with Gasteiger partial charge in [-0.3, -0.25) is 4.79 Å². The van der Waals surface area contributed by atoms with Crippen molar-refractivity contribution in [3.8, 4) is 0 Å². The number of amides is 1. The Kier molecular flexibility index (Phi) is 4.19. The molecule has 2 rings (SSSR count). The second kappa shape index (κ2) is 5.67. The molecule has 4 atom stereocenters. The third-order valence-corrected chi connectivity index (χ3v) is 3.41. The zero-order chi connectivity index (χ0) is 13.1. The van der Waals surface area contributed by atoms with Crippen LogP contribution in [0.2, 0.25) is 0 Å². The van der Waals surface area contributed by atoms with Gasteiger partial charge in [0.25, 0.3) is 0 Å². The molecule has 6 nitrogen and oxygen atoms in total. The van der Waals surface area contributed by atoms with Gasteiger partial charge in [-0.05, 0) is 32.6 Å². The molecule has 0 saturated carbocycles. The number of ether oxygens (including phenoxy) is 2. The maximum Gasteiger partial charge on any atom is 0.332 e. The maximum absolute atomic E-state index is 11.8. The Labute approximate surface area is 106 Å². The topological polar surface area (TPSA) is 84.9 Å². The van der Waals surface area contributed by atoms with Gasteiger partial charge in [-0.25, -0.2) is 4.79 Å². The van der Waals surface area contributed by atoms with Crippen molar-refractivity contribution < 1.29 is 24.2 Å². The molecule has 2 N–H and O–H groups in total. The zero-order valence-electron chi connectivity index (χ0n) is 10.4. The average Bonchev–Trinajstić information content (AvgIpc) is 2.94. The molecule has 4 unspecified atom stereocenters. The van der Waals surface area contributed by atoms with E-state index in [-0.39, 0.29) is 24.2 Å². The van der Waals surface area contributed by atoms with Crippen LogP contribution in [0, 0.1) is 0 Å². The number of carboxylic acids is 1. The molecule has 2 heterocycles. The van der Waals surface area contributed by atoms with Crippen LogP contribution in [0.3, 0.4) is 0 Å². The molecule has 0 radical (unpaired) electrons. The van der Waals surface area contributed by atoms with Crippen molar-refractivity contribution in [3.05, 3.63) is 0 Å². The summed E-state index contributed by atoms with van der Waals surface area (Å²) in [5.74, 6) is -1.06. The van der Waals surface area contributed by atoms with Gasteiger partial charge >= 0.3 is 5.97 Å². The fourth-order valence-corrected chi connectivity index (χ4v) is 2.36. The van der Waals surface area contributed by atoms with Crippen LogP contribution in [0.4, 0.5) is 0 Å². The van der Waals surface area contributed by atoms with Gasteiger partial charge in [0.15, 0.2) is 6.10 Å². The van der Waals surface area contributed by atoms with Crippen molar-refractivity contribution in [2.24, 2.45) is 0 Å². The predicted molar refractivity (Wildman–Crippen MR) is 62.1 cm³/mol. The Hall–Kier alpha value is -1.14. The lowest BCUT2D eigenvalue weighted by atomic mass is 10.2. The first-order valence-corrected chi connectivity index (χ1v) is 6.37. The first-order valence-electron chi connectivity index (χ1n) is 6.37. The molecule has 0 spiro atoms. The molecule has 0 bridgehead atoms. The Morgan fingerprint density at radius 3 is 2.44 bits per heavy atom. The Balaban J connectivity index is 1.69. The Bertz CT molecular complexity index is 332. The molecule has 1 amide bonds. The van der Waals surface area contributed by atoms with E-state index in [2.05, 4.69) is 5.32 Å². The number of carboxylic acid groups (broad SMARTS) is 1. The van der Waals surface area contributed by atoms with E-state index in [4.69, 9.17) is 14.6 Å². The number of nitrogens with one attached hydrogen (secondary N) is 1. The number of carbonyl (C=O) groups is 2. The molecule has 0 aromatic heterocycles. The normalized spacial score (nSPS) is 35.6. The van der Waals surface area contributed by atoms with E-state index in [0.717, 1.165) is 12.8 Å². The van der Waals surface area contributed by atoms with E-state index in [1.165, 1.54) is 0 Å². The molecule has 102 valence electrons. The summed E-state index contributed by atoms with van der Waals surface area (Å²) in [7, 11) is 0. The third-order valence-electron chi connectivity index (χ3n) is 3.41. The molecule has 2 saturated heterocycles. The predicted octanol–water partition coefficient (Wildman–Crippen LogP) is 0.302. The van der Waals surface area contributed by atoms with Crippen LogP contribution in [0.5, 0.6) is 0 Å². The van der Waals surface area contributed by atoms with Gasteiger partial charge in [0, 0.05) is 6.54 Å². The van der Waals surface area contributed by atoms with Crippen molar-refractivity contribution >= 4 is 11.9 Å². The Morgan fingerprint density at radius 2 is 1.89 bits per heavy atom. The van der Waals surface area contributed by atoms with Crippen molar-refractivity contribution in [3.63, 3.8) is 0 Å². The highest BCUT2D eigenvalue weighted by molar-refractivity contribution is 5.81. The molecule has 6 heteroatoms. The number of rotatable bonds is 4. The minimum absolute atomic E-state index is 0.123. The molecule has 2 aliphatic heterocycles. The van der Waals surface area contributed by atoms with Gasteiger partial charge in [-0.1, -0.05) is 0 Å². The average molecular weight is 257 g/mol. The standard InChI is InChI=1S/C12H19NO5/c1-7-2-4-9(17-7)11(14)13-6-8-3-5-10(18-8)12(15)16/h7-10H,2-6H2,1H3,(H,13,14)(H,15,16). The van der Waals surface area contributed by atoms with Gasteiger partial charge in [0.05, 0.1) is 12.2 Å². The fraction of sp³-hybridized carbons (Fsp3) is 0.833. The summed E-state index contributed by atoms with van der Waals surface area (Å²) in [4.78, 5) is 22.5. The molecule has 0 aromatic carbocycles. The molecule has 2 fully saturated rings. The van der Waals surface area contributed by atoms with E-state index in [1.54, 1.807) is 0 Å². The van der Waals surface area contributed by atoms with Gasteiger partial charge in [-0.15, -0.1) is 0 Å². The van der Waals surface area contributed by atoms with Gasteiger partial charge in [0.2, 0.25) is 5.91 Å².